The van der Waals surface area contributed by atoms with Crippen molar-refractivity contribution >= 4 is 54.4 Å². The molecule has 4 heterocycles. The minimum atomic E-state index is -3.25. The molecule has 116 heavy (non-hydrogen) atoms. The zero-order chi connectivity index (χ0) is 85.3. The van der Waals surface area contributed by atoms with Crippen molar-refractivity contribution < 1.29 is 146 Å². The van der Waals surface area contributed by atoms with Gasteiger partial charge in [0.05, 0.1) is 89.9 Å². The van der Waals surface area contributed by atoms with Crippen LogP contribution in [-0.4, -0.2) is 301 Å². The first-order chi connectivity index (χ1) is 55.6. The van der Waals surface area contributed by atoms with Crippen LogP contribution < -0.4 is 10.6 Å². The molecule has 0 aromatic carbocycles. The maximum atomic E-state index is 14.2. The lowest BCUT2D eigenvalue weighted by Crippen LogP contribution is -2.55. The van der Waals surface area contributed by atoms with Crippen LogP contribution in [0.15, 0.2) is 0 Å². The number of aliphatic hydroxyl groups excluding tert-OH is 10. The number of esters is 1. The van der Waals surface area contributed by atoms with Crippen LogP contribution >= 0.6 is 7.60 Å². The molecule has 0 radical (unpaired) electrons. The summed E-state index contributed by atoms with van der Waals surface area (Å²) >= 11 is 0. The number of aliphatic hydroxyl groups is 10. The molecule has 4 rings (SSSR count). The largest absolute Gasteiger partial charge is 0.466 e. The molecule has 4 fully saturated rings. The number of nitrogens with zero attached hydrogens (tertiary/aromatic N) is 1. The number of unbranched alkanes of at least 4 members (excludes halogenated alkanes) is 14. The van der Waals surface area contributed by atoms with Crippen molar-refractivity contribution in [2.45, 2.75) is 338 Å². The van der Waals surface area contributed by atoms with E-state index in [1.54, 1.807) is 25.7 Å². The highest BCUT2D eigenvalue weighted by molar-refractivity contribution is 7.52. The molecule has 0 aromatic heterocycles. The van der Waals surface area contributed by atoms with Gasteiger partial charge >= 0.3 is 13.6 Å². The van der Waals surface area contributed by atoms with E-state index in [0.29, 0.717) is 161 Å². The number of rotatable bonds is 68. The van der Waals surface area contributed by atoms with E-state index >= 15 is 0 Å². The summed E-state index contributed by atoms with van der Waals surface area (Å²) in [7, 11) is -1.95. The Bertz CT molecular complexity index is 2600. The second-order valence-electron chi connectivity index (χ2n) is 32.3. The van der Waals surface area contributed by atoms with Gasteiger partial charge in [0.2, 0.25) is 17.7 Å². The van der Waals surface area contributed by atoms with E-state index in [9.17, 15) is 94.0 Å². The molecule has 4 aliphatic rings. The predicted octanol–water partition coefficient (Wildman–Crippen LogP) is 5.43. The van der Waals surface area contributed by atoms with Gasteiger partial charge in [-0.15, -0.1) is 0 Å². The fourth-order valence-corrected chi connectivity index (χ4v) is 15.2. The molecule has 0 saturated carbocycles. The number of nitrogens with one attached hydrogen (secondary N) is 2. The fraction of sp³-hybridized carbons (Fsp3) is 0.902. The first kappa shape index (κ1) is 104. The maximum absolute atomic E-state index is 14.2. The van der Waals surface area contributed by atoms with E-state index < -0.39 is 136 Å². The predicted molar refractivity (Wildman–Crippen MR) is 424 cm³/mol. The van der Waals surface area contributed by atoms with Gasteiger partial charge in [-0.2, -0.15) is 0 Å². The number of ketones is 4. The molecule has 0 aromatic rings. The van der Waals surface area contributed by atoms with Crippen molar-refractivity contribution in [3.8, 4) is 0 Å². The number of likely N-dealkylation sites (tertiary alicyclic amines) is 1. The third kappa shape index (κ3) is 41.7. The first-order valence-corrected chi connectivity index (χ1v) is 45.0. The van der Waals surface area contributed by atoms with Crippen molar-refractivity contribution in [2.24, 2.45) is 23.2 Å². The molecule has 12 N–H and O–H groups in total. The smallest absolute Gasteiger partial charge is 0.327 e. The Hall–Kier alpha value is -4.01. The maximum Gasteiger partial charge on any atom is 0.327 e. The second-order valence-corrected chi connectivity index (χ2v) is 34.5. The van der Waals surface area contributed by atoms with Crippen LogP contribution in [0.2, 0.25) is 0 Å². The van der Waals surface area contributed by atoms with E-state index in [4.69, 9.17) is 51.7 Å². The third-order valence-electron chi connectivity index (χ3n) is 22.3. The van der Waals surface area contributed by atoms with E-state index in [2.05, 4.69) is 10.6 Å². The lowest BCUT2D eigenvalue weighted by Gasteiger charge is -2.40. The Labute approximate surface area is 686 Å². The van der Waals surface area contributed by atoms with Gasteiger partial charge in [-0.3, -0.25) is 42.9 Å². The summed E-state index contributed by atoms with van der Waals surface area (Å²) in [5, 5.41) is 106. The van der Waals surface area contributed by atoms with E-state index in [0.717, 1.165) is 38.5 Å². The zero-order valence-electron chi connectivity index (χ0n) is 69.9. The summed E-state index contributed by atoms with van der Waals surface area (Å²) in [6, 6.07) is -0.384. The van der Waals surface area contributed by atoms with Crippen molar-refractivity contribution in [1.29, 1.82) is 0 Å². The summed E-state index contributed by atoms with van der Waals surface area (Å²) < 4.78 is 74.8. The fourth-order valence-electron chi connectivity index (χ4n) is 14.7. The Morgan fingerprint density at radius 2 is 0.810 bits per heavy atom. The Morgan fingerprint density at radius 3 is 1.25 bits per heavy atom. The molecule has 4 aliphatic heterocycles. The number of hydrogen-bond donors (Lipinski definition) is 12. The van der Waals surface area contributed by atoms with Crippen LogP contribution in [0.25, 0.3) is 0 Å². The molecule has 4 saturated heterocycles. The SMILES string of the molecule is COP(C)(=O)OC[C@@H]1C[C@@H](O)CN1C(=O)CCCCCCCCCCC(=O)CC(CCCCC(=O)NCCCNC(=O)CCCCOC1OC(CO)C(O)C(O)C1C)(COCCC(=O)CCCCCC(=O)CCCCOC1OC(CO)C(O)C(O)C1C)COCCC(=O)CCCCOC(=O)CCCCOC1OC(CO)C(O)C(O)C1C. The normalized spacial score (nSPS) is 26.6. The molecular formula is C82H146N3O30P. The van der Waals surface area contributed by atoms with Gasteiger partial charge in [-0.25, -0.2) is 0 Å². The number of Topliss-reactive ketones (excluding diaryl/α,β-unsaturated/α-hetero) is 4. The molecule has 34 heteroatoms. The summed E-state index contributed by atoms with van der Waals surface area (Å²) in [6.45, 7) is 6.95. The molecular weight excluding hydrogens is 1540 g/mol. The number of carbonyl (C=O) groups excluding carboxylic acids is 8. The summed E-state index contributed by atoms with van der Waals surface area (Å²) in [5.74, 6) is -2.38. The molecule has 0 spiro atoms. The van der Waals surface area contributed by atoms with Gasteiger partial charge in [0.1, 0.15) is 59.8 Å². The number of carbonyl (C=O) groups is 8. The highest BCUT2D eigenvalue weighted by Gasteiger charge is 2.45. The average Bonchev–Trinajstić information content (AvgIpc) is 1.41. The van der Waals surface area contributed by atoms with E-state index in [-0.39, 0.29) is 158 Å². The molecule has 674 valence electrons. The minimum absolute atomic E-state index is 0.000858. The number of β-amino-alcohol motifs (C(OH)–C–C–N with tert-alkyl or cyclic N) is 1. The lowest BCUT2D eigenvalue weighted by molar-refractivity contribution is -0.282. The topological polar surface area (TPSA) is 485 Å². The molecule has 0 aliphatic carbocycles. The van der Waals surface area contributed by atoms with Crippen LogP contribution in [0.4, 0.5) is 0 Å². The standard InChI is InChI=1S/C82H146N3O30P/c1-57-73(98)76(101)66(51-86)113-79(57)109-43-24-19-30-61(89)28-14-12-15-29-62(90)37-46-106-55-82(49-64(92)32-13-10-8-6-7-9-11-16-35-71(96)85-50-65(93)48-60(85)54-112-116(5,104)105-4,39-22-17-33-69(94)83-40-27-41-84-70(95)34-20-25-44-110-80-58(2)74(99)77(102)67(52-87)114-80)56-107-47-38-63(91)31-18-23-42-108-72(97)36-21-26-45-111-81-59(3)75(100)78(103)68(53-88)115-81/h57-60,65-68,73-81,86-88,93,98-103H,6-56H2,1-5H3,(H,83,94)(H,84,95)/t57?,58?,59?,60-,65+,66?,67?,68?,73?,74?,75?,76?,77?,78?,79?,80?,81?,82?,116?/m0/s1. The van der Waals surface area contributed by atoms with E-state index in [1.807, 2.05) is 0 Å². The van der Waals surface area contributed by atoms with Crippen LogP contribution in [0.3, 0.4) is 0 Å². The van der Waals surface area contributed by atoms with Gasteiger partial charge in [0.15, 0.2) is 18.9 Å². The minimum Gasteiger partial charge on any atom is -0.466 e. The van der Waals surface area contributed by atoms with Crippen molar-refractivity contribution in [3.05, 3.63) is 0 Å². The van der Waals surface area contributed by atoms with Gasteiger partial charge in [0.25, 0.3) is 0 Å². The molecule has 33 nitrogen and oxygen atoms in total. The van der Waals surface area contributed by atoms with E-state index in [1.165, 1.54) is 13.8 Å². The molecule has 19 atom stereocenters. The third-order valence-corrected chi connectivity index (χ3v) is 23.6. The van der Waals surface area contributed by atoms with Crippen LogP contribution in [-0.2, 0) is 94.6 Å². The monoisotopic (exact) mass is 1680 g/mol. The van der Waals surface area contributed by atoms with Gasteiger partial charge in [0, 0.05) is 153 Å². The van der Waals surface area contributed by atoms with Crippen LogP contribution in [0.1, 0.15) is 252 Å². The van der Waals surface area contributed by atoms with Gasteiger partial charge in [-0.1, -0.05) is 72.1 Å². The summed E-state index contributed by atoms with van der Waals surface area (Å²) in [4.78, 5) is 107. The lowest BCUT2D eigenvalue weighted by atomic mass is 9.78. The highest BCUT2D eigenvalue weighted by atomic mass is 31.2. The highest BCUT2D eigenvalue weighted by Crippen LogP contribution is 2.43. The Kier molecular flexibility index (Phi) is 53.7. The van der Waals surface area contributed by atoms with Crippen LogP contribution in [0, 0.1) is 23.2 Å². The Balaban J connectivity index is 1.28. The molecule has 17 unspecified atom stereocenters. The van der Waals surface area contributed by atoms with Crippen molar-refractivity contribution in [3.63, 3.8) is 0 Å². The van der Waals surface area contributed by atoms with Crippen molar-refractivity contribution in [1.82, 2.24) is 15.5 Å². The summed E-state index contributed by atoms with van der Waals surface area (Å²) in [6.07, 6.45) is 4.52. The molecule has 0 bridgehead atoms. The van der Waals surface area contributed by atoms with Crippen LogP contribution in [0.5, 0.6) is 0 Å². The zero-order valence-corrected chi connectivity index (χ0v) is 70.8. The quantitative estimate of drug-likeness (QED) is 0.0205. The number of ether oxygens (including phenoxy) is 9. The van der Waals surface area contributed by atoms with Gasteiger partial charge < -0.3 is 118 Å². The number of hydrogen-bond acceptors (Lipinski definition) is 30. The Morgan fingerprint density at radius 1 is 0.440 bits per heavy atom. The first-order valence-electron chi connectivity index (χ1n) is 43.0. The molecule has 3 amide bonds. The van der Waals surface area contributed by atoms with Gasteiger partial charge in [-0.05, 0) is 103 Å². The number of amides is 3. The second kappa shape index (κ2) is 59.7. The average molecular weight is 1690 g/mol. The summed E-state index contributed by atoms with van der Waals surface area (Å²) in [5.41, 5.74) is -0.892. The van der Waals surface area contributed by atoms with Crippen molar-refractivity contribution in [2.75, 3.05) is 113 Å².